The van der Waals surface area contributed by atoms with Crippen molar-refractivity contribution in [2.45, 2.75) is 25.5 Å². The fourth-order valence-corrected chi connectivity index (χ4v) is 6.04. The molecule has 2 aromatic carbocycles. The summed E-state index contributed by atoms with van der Waals surface area (Å²) >= 11 is 2.63. The van der Waals surface area contributed by atoms with Crippen LogP contribution in [0.25, 0.3) is 10.6 Å². The molecule has 37 heavy (non-hydrogen) atoms. The lowest BCUT2D eigenvalue weighted by molar-refractivity contribution is 0.0935. The van der Waals surface area contributed by atoms with Crippen LogP contribution in [0.5, 0.6) is 5.75 Å². The van der Waals surface area contributed by atoms with E-state index in [0.717, 1.165) is 39.0 Å². The average molecular weight is 533 g/mol. The minimum atomic E-state index is -0.192. The number of aromatic nitrogens is 3. The Hall–Kier alpha value is -3.85. The number of nitrogens with zero attached hydrogens (tertiary/aromatic N) is 4. The molecule has 0 saturated carbocycles. The van der Waals surface area contributed by atoms with Gasteiger partial charge in [0.05, 0.1) is 28.2 Å². The maximum Gasteiger partial charge on any atom is 0.322 e. The first kappa shape index (κ1) is 24.8. The lowest BCUT2D eigenvalue weighted by Gasteiger charge is -2.18. The molecule has 9 nitrogen and oxygen atoms in total. The number of nitriles is 1. The first-order valence-corrected chi connectivity index (χ1v) is 13.3. The van der Waals surface area contributed by atoms with Gasteiger partial charge in [0.1, 0.15) is 22.4 Å². The molecule has 2 aromatic heterocycles. The van der Waals surface area contributed by atoms with Crippen LogP contribution in [-0.4, -0.2) is 52.2 Å². The van der Waals surface area contributed by atoms with Crippen LogP contribution in [0.3, 0.4) is 0 Å². The molecule has 0 bridgehead atoms. The number of likely N-dealkylation sites (N-methyl/N-ethyl adjacent to an activating group) is 1. The Bertz CT molecular complexity index is 1520. The van der Waals surface area contributed by atoms with Crippen LogP contribution in [0.1, 0.15) is 37.4 Å². The van der Waals surface area contributed by atoms with Gasteiger partial charge in [0.2, 0.25) is 0 Å². The molecule has 2 N–H and O–H groups in total. The highest BCUT2D eigenvalue weighted by Gasteiger charge is 2.35. The molecule has 1 fully saturated rings. The number of nitrogens with one attached hydrogen (secondary N) is 2. The smallest absolute Gasteiger partial charge is 0.322 e. The Morgan fingerprint density at radius 2 is 2.05 bits per heavy atom. The summed E-state index contributed by atoms with van der Waals surface area (Å²) in [5, 5.41) is 20.4. The summed E-state index contributed by atoms with van der Waals surface area (Å²) in [6, 6.07) is 16.4. The molecule has 0 radical (unpaired) electrons. The Morgan fingerprint density at radius 3 is 2.78 bits per heavy atom. The normalized spacial score (nSPS) is 17.4. The predicted molar refractivity (Wildman–Crippen MR) is 142 cm³/mol. The predicted octanol–water partition coefficient (Wildman–Crippen LogP) is 3.54. The first-order valence-electron chi connectivity index (χ1n) is 11.6. The maximum atomic E-state index is 12.9. The number of thiazole rings is 1. The summed E-state index contributed by atoms with van der Waals surface area (Å²) in [6.07, 6.45) is 0. The second-order valence-electron chi connectivity index (χ2n) is 8.89. The second kappa shape index (κ2) is 10.6. The van der Waals surface area contributed by atoms with Gasteiger partial charge in [-0.25, -0.2) is 10.1 Å². The monoisotopic (exact) mass is 532 g/mol. The van der Waals surface area contributed by atoms with Gasteiger partial charge in [-0.1, -0.05) is 23.5 Å². The zero-order valence-corrected chi connectivity index (χ0v) is 21.9. The van der Waals surface area contributed by atoms with Gasteiger partial charge in [-0.3, -0.25) is 9.59 Å². The summed E-state index contributed by atoms with van der Waals surface area (Å²) in [5.41, 5.74) is 2.92. The summed E-state index contributed by atoms with van der Waals surface area (Å²) in [7, 11) is 1.98. The molecule has 3 heterocycles. The van der Waals surface area contributed by atoms with Crippen LogP contribution in [0.15, 0.2) is 53.3 Å². The van der Waals surface area contributed by atoms with Crippen molar-refractivity contribution in [2.75, 3.05) is 20.1 Å². The molecule has 4 aromatic rings. The number of ether oxygens (including phenoxy) is 1. The van der Waals surface area contributed by atoms with E-state index in [1.807, 2.05) is 32.2 Å². The lowest BCUT2D eigenvalue weighted by atomic mass is 10.0. The number of carbonyl (C=O) groups excluding carboxylic acids is 1. The molecule has 0 aliphatic carbocycles. The number of carbonyl (C=O) groups is 1. The van der Waals surface area contributed by atoms with Crippen molar-refractivity contribution in [2.24, 2.45) is 0 Å². The minimum Gasteiger partial charge on any atom is -0.488 e. The van der Waals surface area contributed by atoms with E-state index in [1.54, 1.807) is 30.3 Å². The van der Waals surface area contributed by atoms with Gasteiger partial charge < -0.3 is 15.0 Å². The zero-order valence-electron chi connectivity index (χ0n) is 20.2. The molecule has 0 unspecified atom stereocenters. The first-order chi connectivity index (χ1) is 17.9. The van der Waals surface area contributed by atoms with E-state index in [-0.39, 0.29) is 22.7 Å². The van der Waals surface area contributed by atoms with E-state index < -0.39 is 0 Å². The van der Waals surface area contributed by atoms with Crippen LogP contribution in [0.4, 0.5) is 0 Å². The molecular formula is C26H24N6O3S2. The largest absolute Gasteiger partial charge is 0.488 e. The number of amides is 1. The number of rotatable bonds is 7. The third-order valence-corrected chi connectivity index (χ3v) is 8.27. The highest BCUT2D eigenvalue weighted by Crippen LogP contribution is 2.30. The number of likely N-dealkylation sites (tertiary alicyclic amines) is 1. The molecular weight excluding hydrogens is 508 g/mol. The van der Waals surface area contributed by atoms with Crippen molar-refractivity contribution in [1.82, 2.24) is 25.4 Å². The van der Waals surface area contributed by atoms with Gasteiger partial charge in [-0.2, -0.15) is 10.4 Å². The summed E-state index contributed by atoms with van der Waals surface area (Å²) in [6.45, 7) is 3.70. The van der Waals surface area contributed by atoms with Gasteiger partial charge in [0.25, 0.3) is 5.91 Å². The number of aromatic amines is 1. The van der Waals surface area contributed by atoms with Crippen molar-refractivity contribution < 1.29 is 9.53 Å². The number of hydrogen-bond acceptors (Lipinski definition) is 9. The van der Waals surface area contributed by atoms with Gasteiger partial charge in [0.15, 0.2) is 0 Å². The summed E-state index contributed by atoms with van der Waals surface area (Å²) in [4.78, 5) is 32.0. The van der Waals surface area contributed by atoms with Crippen molar-refractivity contribution >= 4 is 28.6 Å². The molecule has 11 heteroatoms. The molecule has 188 valence electrons. The summed E-state index contributed by atoms with van der Waals surface area (Å²) < 4.78 is 5.97. The molecule has 1 saturated heterocycles. The van der Waals surface area contributed by atoms with Crippen LogP contribution < -0.4 is 14.9 Å². The molecule has 1 amide bonds. The van der Waals surface area contributed by atoms with Crippen molar-refractivity contribution in [3.05, 3.63) is 84.9 Å². The van der Waals surface area contributed by atoms with Gasteiger partial charge in [-0.15, -0.1) is 11.3 Å². The fraction of sp³-hybridized carbons (Fsp3) is 0.269. The van der Waals surface area contributed by atoms with Crippen molar-refractivity contribution in [1.29, 1.82) is 5.26 Å². The van der Waals surface area contributed by atoms with E-state index in [1.165, 1.54) is 11.3 Å². The van der Waals surface area contributed by atoms with E-state index in [9.17, 15) is 9.59 Å². The lowest BCUT2D eigenvalue weighted by Crippen LogP contribution is -2.39. The van der Waals surface area contributed by atoms with Crippen LogP contribution >= 0.6 is 22.7 Å². The number of benzene rings is 2. The Balaban J connectivity index is 1.21. The second-order valence-corrected chi connectivity index (χ2v) is 11.0. The highest BCUT2D eigenvalue weighted by atomic mass is 32.1. The van der Waals surface area contributed by atoms with Crippen molar-refractivity contribution in [3.63, 3.8) is 0 Å². The molecule has 1 aliphatic heterocycles. The maximum absolute atomic E-state index is 12.9. The van der Waals surface area contributed by atoms with Gasteiger partial charge >= 0.3 is 4.87 Å². The van der Waals surface area contributed by atoms with Gasteiger partial charge in [-0.05, 0) is 50.4 Å². The summed E-state index contributed by atoms with van der Waals surface area (Å²) in [5.74, 6) is 0.440. The highest BCUT2D eigenvalue weighted by molar-refractivity contribution is 7.15. The van der Waals surface area contributed by atoms with E-state index in [4.69, 9.17) is 10.00 Å². The minimum absolute atomic E-state index is 0.0320. The number of hydrogen-bond donors (Lipinski definition) is 2. The Labute approximate surface area is 221 Å². The Morgan fingerprint density at radius 1 is 1.24 bits per heavy atom. The molecule has 1 aliphatic rings. The van der Waals surface area contributed by atoms with Crippen LogP contribution in [-0.2, 0) is 6.61 Å². The third-order valence-electron chi connectivity index (χ3n) is 6.21. The van der Waals surface area contributed by atoms with Crippen LogP contribution in [0, 0.1) is 18.3 Å². The number of aryl methyl sites for hydroxylation is 1. The quantitative estimate of drug-likeness (QED) is 0.373. The molecule has 2 atom stereocenters. The standard InChI is InChI=1S/C26H24N6O3S2/c1-15-22(36-24(28-15)18-5-3-4-16(10-18)11-27)14-35-19-8-6-17(7-9-19)23(33)29-21-13-32(2)12-20(21)25-30-31-26(34)37-25/h3-10,20-21H,12-14H2,1-2H3,(H,29,33)(H,31,34)/t20-,21+/m0/s1. The van der Waals surface area contributed by atoms with E-state index >= 15 is 0 Å². The molecule has 5 rings (SSSR count). The SMILES string of the molecule is Cc1nc(-c2cccc(C#N)c2)sc1COc1ccc(C(=O)N[C@@H]2CN(C)C[C@@H]2c2n[nH]c(=O)s2)cc1. The third kappa shape index (κ3) is 5.61. The van der Waals surface area contributed by atoms with E-state index in [2.05, 4.69) is 31.5 Å². The van der Waals surface area contributed by atoms with Crippen LogP contribution in [0.2, 0.25) is 0 Å². The molecule has 0 spiro atoms. The van der Waals surface area contributed by atoms with Gasteiger partial charge in [0, 0.05) is 30.1 Å². The Kier molecular flexibility index (Phi) is 7.14. The zero-order chi connectivity index (χ0) is 25.9. The number of H-pyrrole nitrogens is 1. The van der Waals surface area contributed by atoms with Crippen molar-refractivity contribution in [3.8, 4) is 22.4 Å². The topological polar surface area (TPSA) is 124 Å². The van der Waals surface area contributed by atoms with E-state index in [0.29, 0.717) is 35.0 Å². The fourth-order valence-electron chi connectivity index (χ4n) is 4.31. The average Bonchev–Trinajstić information content (AvgIpc) is 3.61.